The average molecular weight is 352 g/mol. The van der Waals surface area contributed by atoms with Gasteiger partial charge < -0.3 is 0 Å². The average Bonchev–Trinajstić information content (AvgIpc) is 3.01. The largest absolute Gasteiger partial charge is 0.274 e. The molecule has 3 rings (SSSR count). The second-order valence-electron chi connectivity index (χ2n) is 6.37. The van der Waals surface area contributed by atoms with Crippen molar-refractivity contribution in [1.29, 1.82) is 0 Å². The first kappa shape index (κ1) is 17.7. The van der Waals surface area contributed by atoms with Gasteiger partial charge in [0, 0.05) is 17.9 Å². The molecule has 0 aliphatic carbocycles. The van der Waals surface area contributed by atoms with Crippen molar-refractivity contribution in [3.63, 3.8) is 0 Å². The Kier molecular flexibility index (Phi) is 5.92. The molecule has 0 unspecified atom stereocenters. The van der Waals surface area contributed by atoms with Gasteiger partial charge in [-0.2, -0.15) is 0 Å². The number of thioether (sulfide) groups is 1. The monoisotopic (exact) mass is 351 g/mol. The number of hydrogen-bond donors (Lipinski definition) is 0. The van der Waals surface area contributed by atoms with Crippen LogP contribution in [0.3, 0.4) is 0 Å². The molecule has 25 heavy (non-hydrogen) atoms. The fourth-order valence-corrected chi connectivity index (χ4v) is 3.77. The highest BCUT2D eigenvalue weighted by atomic mass is 32.2. The summed E-state index contributed by atoms with van der Waals surface area (Å²) in [7, 11) is 0. The molecule has 0 amide bonds. The first-order valence-electron chi connectivity index (χ1n) is 8.87. The van der Waals surface area contributed by atoms with Crippen LogP contribution >= 0.6 is 11.8 Å². The third-order valence-corrected chi connectivity index (χ3v) is 5.40. The number of unbranched alkanes of at least 4 members (excludes halogenated alkanes) is 1. The van der Waals surface area contributed by atoms with Gasteiger partial charge in [0.2, 0.25) is 0 Å². The molecular formula is C21H25N3S. The Labute approximate surface area is 154 Å². The molecule has 4 heteroatoms. The third kappa shape index (κ3) is 4.31. The second-order valence-corrected chi connectivity index (χ2v) is 7.43. The summed E-state index contributed by atoms with van der Waals surface area (Å²) in [6, 6.07) is 17.1. The van der Waals surface area contributed by atoms with E-state index in [4.69, 9.17) is 0 Å². The van der Waals surface area contributed by atoms with Gasteiger partial charge in [0.15, 0.2) is 5.16 Å². The van der Waals surface area contributed by atoms with Gasteiger partial charge in [-0.1, -0.05) is 61.5 Å². The van der Waals surface area contributed by atoms with Crippen LogP contribution in [0, 0.1) is 13.8 Å². The van der Waals surface area contributed by atoms with E-state index in [1.54, 1.807) is 11.8 Å². The second kappa shape index (κ2) is 8.34. The smallest absolute Gasteiger partial charge is 0.195 e. The molecule has 0 radical (unpaired) electrons. The molecular weight excluding hydrogens is 326 g/mol. The van der Waals surface area contributed by atoms with Crippen molar-refractivity contribution in [2.45, 2.75) is 45.2 Å². The minimum absolute atomic E-state index is 0.787. The molecule has 1 heterocycles. The predicted octanol–water partition coefficient (Wildman–Crippen LogP) is 5.37. The molecule has 0 spiro atoms. The minimum Gasteiger partial charge on any atom is -0.274 e. The lowest BCUT2D eigenvalue weighted by molar-refractivity contribution is 0.839. The van der Waals surface area contributed by atoms with Gasteiger partial charge in [-0.15, -0.1) is 10.2 Å². The van der Waals surface area contributed by atoms with Crippen LogP contribution in [-0.2, 0) is 6.42 Å². The Hall–Kier alpha value is -2.07. The summed E-state index contributed by atoms with van der Waals surface area (Å²) in [5.41, 5.74) is 5.01. The normalized spacial score (nSPS) is 11.0. The molecule has 0 N–H and O–H groups in total. The van der Waals surface area contributed by atoms with Crippen molar-refractivity contribution in [3.8, 4) is 5.69 Å². The SMILES string of the molecule is CCCCSc1nnc(Cc2ccccc2)n1-c1ccc(C)c(C)c1. The Bertz CT molecular complexity index is 824. The van der Waals surface area contributed by atoms with E-state index in [9.17, 15) is 0 Å². The van der Waals surface area contributed by atoms with Crippen LogP contribution in [0.1, 0.15) is 42.3 Å². The summed E-state index contributed by atoms with van der Waals surface area (Å²) in [6.45, 7) is 6.52. The molecule has 0 fully saturated rings. The van der Waals surface area contributed by atoms with Gasteiger partial charge in [-0.25, -0.2) is 0 Å². The summed E-state index contributed by atoms with van der Waals surface area (Å²) >= 11 is 1.80. The fourth-order valence-electron chi connectivity index (χ4n) is 2.72. The Morgan fingerprint density at radius 2 is 1.76 bits per heavy atom. The van der Waals surface area contributed by atoms with E-state index in [1.165, 1.54) is 29.5 Å². The van der Waals surface area contributed by atoms with Crippen molar-refractivity contribution < 1.29 is 0 Å². The number of benzene rings is 2. The number of aromatic nitrogens is 3. The summed E-state index contributed by atoms with van der Waals surface area (Å²) in [6.07, 6.45) is 3.18. The Balaban J connectivity index is 1.98. The van der Waals surface area contributed by atoms with Crippen LogP contribution in [0.25, 0.3) is 5.69 Å². The van der Waals surface area contributed by atoms with Gasteiger partial charge in [-0.3, -0.25) is 4.57 Å². The Morgan fingerprint density at radius 3 is 2.48 bits per heavy atom. The quantitative estimate of drug-likeness (QED) is 0.424. The lowest BCUT2D eigenvalue weighted by Gasteiger charge is -2.12. The molecule has 0 bridgehead atoms. The minimum atomic E-state index is 0.787. The lowest BCUT2D eigenvalue weighted by Crippen LogP contribution is -2.04. The maximum absolute atomic E-state index is 4.51. The zero-order valence-electron chi connectivity index (χ0n) is 15.2. The van der Waals surface area contributed by atoms with E-state index in [1.807, 2.05) is 6.07 Å². The molecule has 0 saturated heterocycles. The van der Waals surface area contributed by atoms with Crippen molar-refractivity contribution in [1.82, 2.24) is 14.8 Å². The summed E-state index contributed by atoms with van der Waals surface area (Å²) in [5, 5.41) is 9.99. The van der Waals surface area contributed by atoms with Crippen LogP contribution in [0.4, 0.5) is 0 Å². The topological polar surface area (TPSA) is 30.7 Å². The third-order valence-electron chi connectivity index (χ3n) is 4.38. The van der Waals surface area contributed by atoms with Crippen LogP contribution < -0.4 is 0 Å². The van der Waals surface area contributed by atoms with E-state index >= 15 is 0 Å². The highest BCUT2D eigenvalue weighted by Crippen LogP contribution is 2.25. The van der Waals surface area contributed by atoms with E-state index in [2.05, 4.69) is 78.0 Å². The predicted molar refractivity (Wildman–Crippen MR) is 106 cm³/mol. The number of hydrogen-bond acceptors (Lipinski definition) is 3. The zero-order chi connectivity index (χ0) is 17.6. The molecule has 3 aromatic rings. The van der Waals surface area contributed by atoms with Crippen LogP contribution in [0.5, 0.6) is 0 Å². The summed E-state index contributed by atoms with van der Waals surface area (Å²) < 4.78 is 2.22. The molecule has 3 nitrogen and oxygen atoms in total. The lowest BCUT2D eigenvalue weighted by atomic mass is 10.1. The van der Waals surface area contributed by atoms with Crippen LogP contribution in [0.2, 0.25) is 0 Å². The maximum Gasteiger partial charge on any atom is 0.195 e. The van der Waals surface area contributed by atoms with Crippen molar-refractivity contribution in [2.75, 3.05) is 5.75 Å². The first-order chi connectivity index (χ1) is 12.2. The molecule has 0 aliphatic heterocycles. The van der Waals surface area contributed by atoms with Crippen LogP contribution in [-0.4, -0.2) is 20.5 Å². The molecule has 0 saturated carbocycles. The van der Waals surface area contributed by atoms with E-state index in [0.717, 1.165) is 28.8 Å². The van der Waals surface area contributed by atoms with Gasteiger partial charge >= 0.3 is 0 Å². The number of nitrogens with zero attached hydrogens (tertiary/aromatic N) is 3. The molecule has 2 aromatic carbocycles. The highest BCUT2D eigenvalue weighted by molar-refractivity contribution is 7.99. The van der Waals surface area contributed by atoms with Gasteiger partial charge in [-0.05, 0) is 49.1 Å². The van der Waals surface area contributed by atoms with Gasteiger partial charge in [0.1, 0.15) is 5.82 Å². The summed E-state index contributed by atoms with van der Waals surface area (Å²) in [4.78, 5) is 0. The first-order valence-corrected chi connectivity index (χ1v) is 9.86. The van der Waals surface area contributed by atoms with E-state index < -0.39 is 0 Å². The Morgan fingerprint density at radius 1 is 0.960 bits per heavy atom. The molecule has 1 aromatic heterocycles. The fraction of sp³-hybridized carbons (Fsp3) is 0.333. The van der Waals surface area contributed by atoms with Crippen molar-refractivity contribution in [2.24, 2.45) is 0 Å². The standard InChI is InChI=1S/C21H25N3S/c1-4-5-13-25-21-23-22-20(15-18-9-7-6-8-10-18)24(21)19-12-11-16(2)17(3)14-19/h6-12,14H,4-5,13,15H2,1-3H3. The van der Waals surface area contributed by atoms with Crippen molar-refractivity contribution >= 4 is 11.8 Å². The zero-order valence-corrected chi connectivity index (χ0v) is 16.0. The number of aryl methyl sites for hydroxylation is 2. The molecule has 130 valence electrons. The van der Waals surface area contributed by atoms with Crippen molar-refractivity contribution in [3.05, 3.63) is 71.0 Å². The number of rotatable bonds is 7. The van der Waals surface area contributed by atoms with Gasteiger partial charge in [0.25, 0.3) is 0 Å². The molecule has 0 aliphatic rings. The van der Waals surface area contributed by atoms with E-state index in [0.29, 0.717) is 0 Å². The van der Waals surface area contributed by atoms with Gasteiger partial charge in [0.05, 0.1) is 0 Å². The maximum atomic E-state index is 4.51. The highest BCUT2D eigenvalue weighted by Gasteiger charge is 2.15. The summed E-state index contributed by atoms with van der Waals surface area (Å²) in [5.74, 6) is 2.07. The van der Waals surface area contributed by atoms with Crippen LogP contribution in [0.15, 0.2) is 53.7 Å². The van der Waals surface area contributed by atoms with E-state index in [-0.39, 0.29) is 0 Å². The molecule has 0 atom stereocenters.